The van der Waals surface area contributed by atoms with Gasteiger partial charge >= 0.3 is 0 Å². The Morgan fingerprint density at radius 3 is 2.80 bits per heavy atom. The van der Waals surface area contributed by atoms with E-state index in [2.05, 4.69) is 23.8 Å². The molecule has 0 N–H and O–H groups in total. The van der Waals surface area contributed by atoms with Crippen molar-refractivity contribution in [2.45, 2.75) is 39.0 Å². The first-order chi connectivity index (χ1) is 7.16. The van der Waals surface area contributed by atoms with Crippen molar-refractivity contribution < 1.29 is 4.79 Å². The monoisotopic (exact) mass is 204 g/mol. The maximum Gasteiger partial charge on any atom is 0.141 e. The molecule has 3 nitrogen and oxygen atoms in total. The molecule has 0 unspecified atom stereocenters. The number of ketones is 1. The van der Waals surface area contributed by atoms with Gasteiger partial charge in [-0.3, -0.25) is 4.79 Å². The van der Waals surface area contributed by atoms with Gasteiger partial charge in [-0.1, -0.05) is 13.8 Å². The van der Waals surface area contributed by atoms with E-state index in [1.807, 2.05) is 6.07 Å². The van der Waals surface area contributed by atoms with E-state index in [4.69, 9.17) is 0 Å². The Morgan fingerprint density at radius 1 is 1.47 bits per heavy atom. The number of aromatic nitrogens is 2. The van der Waals surface area contributed by atoms with Gasteiger partial charge < -0.3 is 0 Å². The highest BCUT2D eigenvalue weighted by Gasteiger charge is 2.29. The number of hydrogen-bond donors (Lipinski definition) is 0. The van der Waals surface area contributed by atoms with Crippen molar-refractivity contribution in [3.63, 3.8) is 0 Å². The molecule has 0 spiro atoms. The molecule has 3 heteroatoms. The fraction of sp³-hybridized carbons (Fsp3) is 0.583. The number of rotatable bonds is 4. The van der Waals surface area contributed by atoms with Gasteiger partial charge in [0.05, 0.1) is 5.69 Å². The lowest BCUT2D eigenvalue weighted by atomic mass is 10.1. The minimum atomic E-state index is 0.322. The summed E-state index contributed by atoms with van der Waals surface area (Å²) in [6, 6.07) is 1.95. The molecule has 0 aromatic carbocycles. The van der Waals surface area contributed by atoms with E-state index < -0.39 is 0 Å². The normalized spacial score (nSPS) is 15.7. The number of carbonyl (C=O) groups is 1. The topological polar surface area (TPSA) is 42.9 Å². The van der Waals surface area contributed by atoms with Crippen LogP contribution in [0.15, 0.2) is 12.4 Å². The van der Waals surface area contributed by atoms with Crippen molar-refractivity contribution >= 4 is 5.78 Å². The van der Waals surface area contributed by atoms with Crippen molar-refractivity contribution in [1.82, 2.24) is 9.97 Å². The van der Waals surface area contributed by atoms with E-state index in [1.165, 1.54) is 0 Å². The second kappa shape index (κ2) is 4.09. The second-order valence-corrected chi connectivity index (χ2v) is 4.51. The molecule has 1 aliphatic rings. The SMILES string of the molecule is CC(C)c1cc(CC(=O)C2CC2)ncn1. The molecule has 2 rings (SSSR count). The Morgan fingerprint density at radius 2 is 2.20 bits per heavy atom. The third-order valence-corrected chi connectivity index (χ3v) is 2.72. The third-order valence-electron chi connectivity index (χ3n) is 2.72. The van der Waals surface area contributed by atoms with Crippen LogP contribution in [-0.4, -0.2) is 15.8 Å². The Hall–Kier alpha value is -1.25. The highest BCUT2D eigenvalue weighted by Crippen LogP contribution is 2.30. The van der Waals surface area contributed by atoms with Crippen molar-refractivity contribution in [1.29, 1.82) is 0 Å². The van der Waals surface area contributed by atoms with Gasteiger partial charge in [0.1, 0.15) is 12.1 Å². The largest absolute Gasteiger partial charge is 0.299 e. The Kier molecular flexibility index (Phi) is 2.80. The second-order valence-electron chi connectivity index (χ2n) is 4.51. The Bertz CT molecular complexity index is 370. The minimum absolute atomic E-state index is 0.322. The summed E-state index contributed by atoms with van der Waals surface area (Å²) in [5.41, 5.74) is 1.88. The molecule has 1 aromatic rings. The van der Waals surface area contributed by atoms with Crippen LogP contribution in [0.2, 0.25) is 0 Å². The molecule has 1 heterocycles. The highest BCUT2D eigenvalue weighted by molar-refractivity contribution is 5.84. The summed E-state index contributed by atoms with van der Waals surface area (Å²) in [7, 11) is 0. The van der Waals surface area contributed by atoms with Crippen LogP contribution in [0.4, 0.5) is 0 Å². The number of hydrogen-bond acceptors (Lipinski definition) is 3. The van der Waals surface area contributed by atoms with Gasteiger partial charge in [0.15, 0.2) is 0 Å². The molecule has 0 bridgehead atoms. The average molecular weight is 204 g/mol. The van der Waals surface area contributed by atoms with Crippen LogP contribution in [0.1, 0.15) is 44.0 Å². The zero-order chi connectivity index (χ0) is 10.8. The fourth-order valence-corrected chi connectivity index (χ4v) is 1.56. The fourth-order valence-electron chi connectivity index (χ4n) is 1.56. The molecule has 0 radical (unpaired) electrons. The molecule has 15 heavy (non-hydrogen) atoms. The lowest BCUT2D eigenvalue weighted by Gasteiger charge is -2.05. The van der Waals surface area contributed by atoms with E-state index in [-0.39, 0.29) is 0 Å². The average Bonchev–Trinajstić information content (AvgIpc) is 3.01. The van der Waals surface area contributed by atoms with Gasteiger partial charge in [-0.25, -0.2) is 9.97 Å². The number of nitrogens with zero attached hydrogens (tertiary/aromatic N) is 2. The summed E-state index contributed by atoms with van der Waals surface area (Å²) < 4.78 is 0. The lowest BCUT2D eigenvalue weighted by molar-refractivity contribution is -0.119. The summed E-state index contributed by atoms with van der Waals surface area (Å²) in [5.74, 6) is 1.05. The van der Waals surface area contributed by atoms with Crippen LogP contribution in [-0.2, 0) is 11.2 Å². The molecule has 80 valence electrons. The van der Waals surface area contributed by atoms with Gasteiger partial charge in [-0.05, 0) is 24.8 Å². The molecular weight excluding hydrogens is 188 g/mol. The lowest BCUT2D eigenvalue weighted by Crippen LogP contribution is -2.07. The molecule has 0 aliphatic heterocycles. The summed E-state index contributed by atoms with van der Waals surface area (Å²) in [6.45, 7) is 4.18. The quantitative estimate of drug-likeness (QED) is 0.754. The van der Waals surface area contributed by atoms with Gasteiger partial charge in [0, 0.05) is 18.0 Å². The Balaban J connectivity index is 2.07. The van der Waals surface area contributed by atoms with Crippen molar-refractivity contribution in [2.75, 3.05) is 0 Å². The summed E-state index contributed by atoms with van der Waals surface area (Å²) in [5, 5.41) is 0. The van der Waals surface area contributed by atoms with Crippen LogP contribution in [0.25, 0.3) is 0 Å². The van der Waals surface area contributed by atoms with Gasteiger partial charge in [-0.15, -0.1) is 0 Å². The van der Waals surface area contributed by atoms with E-state index in [0.717, 1.165) is 24.2 Å². The van der Waals surface area contributed by atoms with Crippen LogP contribution < -0.4 is 0 Å². The van der Waals surface area contributed by atoms with Gasteiger partial charge in [-0.2, -0.15) is 0 Å². The standard InChI is InChI=1S/C12H16N2O/c1-8(2)11-5-10(13-7-14-11)6-12(15)9-3-4-9/h5,7-9H,3-4,6H2,1-2H3. The van der Waals surface area contributed by atoms with Crippen LogP contribution in [0.3, 0.4) is 0 Å². The van der Waals surface area contributed by atoms with E-state index >= 15 is 0 Å². The minimum Gasteiger partial charge on any atom is -0.299 e. The maximum absolute atomic E-state index is 11.6. The summed E-state index contributed by atoms with van der Waals surface area (Å²) in [4.78, 5) is 19.9. The first-order valence-electron chi connectivity index (χ1n) is 5.50. The molecule has 0 saturated heterocycles. The third kappa shape index (κ3) is 2.61. The van der Waals surface area contributed by atoms with Crippen LogP contribution in [0.5, 0.6) is 0 Å². The first kappa shape index (κ1) is 10.3. The summed E-state index contributed by atoms with van der Waals surface area (Å²) in [6.07, 6.45) is 4.18. The van der Waals surface area contributed by atoms with Gasteiger partial charge in [0.25, 0.3) is 0 Å². The van der Waals surface area contributed by atoms with Crippen molar-refractivity contribution in [3.05, 3.63) is 23.8 Å². The van der Waals surface area contributed by atoms with Crippen molar-refractivity contribution in [2.24, 2.45) is 5.92 Å². The smallest absolute Gasteiger partial charge is 0.141 e. The van der Waals surface area contributed by atoms with E-state index in [9.17, 15) is 4.79 Å². The molecule has 1 saturated carbocycles. The predicted molar refractivity (Wildman–Crippen MR) is 57.6 cm³/mol. The van der Waals surface area contributed by atoms with Crippen LogP contribution in [0, 0.1) is 5.92 Å². The zero-order valence-corrected chi connectivity index (χ0v) is 9.23. The molecule has 1 fully saturated rings. The Labute approximate surface area is 89.9 Å². The highest BCUT2D eigenvalue weighted by atomic mass is 16.1. The summed E-state index contributed by atoms with van der Waals surface area (Å²) >= 11 is 0. The number of Topliss-reactive ketones (excluding diaryl/α,β-unsaturated/α-hetero) is 1. The van der Waals surface area contributed by atoms with E-state index in [1.54, 1.807) is 6.33 Å². The molecule has 1 aromatic heterocycles. The molecule has 0 atom stereocenters. The maximum atomic E-state index is 11.6. The molecule has 1 aliphatic carbocycles. The number of carbonyl (C=O) groups excluding carboxylic acids is 1. The van der Waals surface area contributed by atoms with E-state index in [0.29, 0.717) is 24.0 Å². The van der Waals surface area contributed by atoms with Gasteiger partial charge in [0.2, 0.25) is 0 Å². The zero-order valence-electron chi connectivity index (χ0n) is 9.23. The molecular formula is C12H16N2O. The first-order valence-corrected chi connectivity index (χ1v) is 5.50. The van der Waals surface area contributed by atoms with Crippen LogP contribution >= 0.6 is 0 Å². The van der Waals surface area contributed by atoms with Crippen molar-refractivity contribution in [3.8, 4) is 0 Å². The molecule has 0 amide bonds. The predicted octanol–water partition coefficient (Wildman–Crippen LogP) is 2.12.